The Hall–Kier alpha value is -1.39. The van der Waals surface area contributed by atoms with Crippen LogP contribution < -0.4 is 14.8 Å². The first-order valence-electron chi connectivity index (χ1n) is 6.41. The number of methoxy groups -OCH3 is 2. The van der Waals surface area contributed by atoms with Gasteiger partial charge in [0.05, 0.1) is 31.0 Å². The molecule has 0 amide bonds. The number of ether oxygens (including phenoxy) is 2. The van der Waals surface area contributed by atoms with E-state index in [0.29, 0.717) is 10.8 Å². The molecule has 1 unspecified atom stereocenters. The summed E-state index contributed by atoms with van der Waals surface area (Å²) >= 11 is 7.93. The summed E-state index contributed by atoms with van der Waals surface area (Å²) in [6.07, 6.45) is 0.979. The van der Waals surface area contributed by atoms with Crippen molar-refractivity contribution in [2.45, 2.75) is 19.4 Å². The third-order valence-corrected chi connectivity index (χ3v) is 4.38. The first-order chi connectivity index (χ1) is 9.69. The number of hydrogen-bond donors (Lipinski definition) is 1. The molecule has 3 nitrogen and oxygen atoms in total. The largest absolute Gasteiger partial charge is 0.495 e. The molecule has 0 spiro atoms. The van der Waals surface area contributed by atoms with E-state index in [-0.39, 0.29) is 6.04 Å². The number of anilines is 1. The van der Waals surface area contributed by atoms with Gasteiger partial charge in [0.15, 0.2) is 0 Å². The van der Waals surface area contributed by atoms with Crippen LogP contribution in [0.2, 0.25) is 5.02 Å². The first-order valence-corrected chi connectivity index (χ1v) is 7.66. The van der Waals surface area contributed by atoms with Crippen molar-refractivity contribution in [3.05, 3.63) is 39.5 Å². The summed E-state index contributed by atoms with van der Waals surface area (Å²) in [5.41, 5.74) is 0.874. The Morgan fingerprint density at radius 3 is 2.55 bits per heavy atom. The van der Waals surface area contributed by atoms with Crippen molar-refractivity contribution in [1.29, 1.82) is 0 Å². The summed E-state index contributed by atoms with van der Waals surface area (Å²) in [5.74, 6) is 1.33. The predicted molar refractivity (Wildman–Crippen MR) is 85.5 cm³/mol. The molecule has 1 N–H and O–H groups in total. The Bertz CT molecular complexity index is 557. The van der Waals surface area contributed by atoms with Gasteiger partial charge in [-0.1, -0.05) is 24.6 Å². The smallest absolute Gasteiger partial charge is 0.145 e. The van der Waals surface area contributed by atoms with Gasteiger partial charge in [0.25, 0.3) is 0 Å². The van der Waals surface area contributed by atoms with Crippen LogP contribution in [0.1, 0.15) is 24.3 Å². The Labute approximate surface area is 128 Å². The highest BCUT2D eigenvalue weighted by atomic mass is 35.5. The third kappa shape index (κ3) is 3.19. The number of thiophene rings is 1. The minimum atomic E-state index is 0.244. The van der Waals surface area contributed by atoms with E-state index in [0.717, 1.165) is 17.9 Å². The zero-order valence-electron chi connectivity index (χ0n) is 11.8. The number of hydrogen-bond acceptors (Lipinski definition) is 4. The van der Waals surface area contributed by atoms with E-state index in [9.17, 15) is 0 Å². The van der Waals surface area contributed by atoms with Gasteiger partial charge in [0.2, 0.25) is 0 Å². The summed E-state index contributed by atoms with van der Waals surface area (Å²) in [5, 5.41) is 6.14. The van der Waals surface area contributed by atoms with Gasteiger partial charge >= 0.3 is 0 Å². The third-order valence-electron chi connectivity index (χ3n) is 3.10. The van der Waals surface area contributed by atoms with Crippen LogP contribution >= 0.6 is 22.9 Å². The van der Waals surface area contributed by atoms with Gasteiger partial charge in [-0.05, 0) is 23.9 Å². The Morgan fingerprint density at radius 1 is 1.25 bits per heavy atom. The molecule has 1 atom stereocenters. The average molecular weight is 312 g/mol. The maximum Gasteiger partial charge on any atom is 0.145 e. The molecule has 0 saturated carbocycles. The number of benzene rings is 1. The van der Waals surface area contributed by atoms with Crippen molar-refractivity contribution in [2.75, 3.05) is 19.5 Å². The van der Waals surface area contributed by atoms with E-state index in [1.54, 1.807) is 31.6 Å². The molecule has 0 radical (unpaired) electrons. The molecule has 0 bridgehead atoms. The fraction of sp³-hybridized carbons (Fsp3) is 0.333. The summed E-state index contributed by atoms with van der Waals surface area (Å²) < 4.78 is 10.6. The van der Waals surface area contributed by atoms with Crippen molar-refractivity contribution < 1.29 is 9.47 Å². The molecule has 0 aliphatic rings. The summed E-state index contributed by atoms with van der Waals surface area (Å²) in [6.45, 7) is 2.15. The van der Waals surface area contributed by atoms with E-state index in [2.05, 4.69) is 29.8 Å². The lowest BCUT2D eigenvalue weighted by molar-refractivity contribution is 0.395. The quantitative estimate of drug-likeness (QED) is 0.816. The van der Waals surface area contributed by atoms with Crippen LogP contribution in [0.15, 0.2) is 29.6 Å². The first kappa shape index (κ1) is 15.0. The SMILES string of the molecule is CCC(Nc1cc(Cl)c(OC)cc1OC)c1cccs1. The van der Waals surface area contributed by atoms with E-state index >= 15 is 0 Å². The van der Waals surface area contributed by atoms with Crippen LogP contribution in [0.3, 0.4) is 0 Å². The lowest BCUT2D eigenvalue weighted by Crippen LogP contribution is -2.09. The molecule has 1 heterocycles. The van der Waals surface area contributed by atoms with E-state index in [1.807, 2.05) is 6.07 Å². The highest BCUT2D eigenvalue weighted by Gasteiger charge is 2.15. The summed E-state index contributed by atoms with van der Waals surface area (Å²) in [4.78, 5) is 1.29. The summed E-state index contributed by atoms with van der Waals surface area (Å²) in [6, 6.07) is 8.07. The molecule has 0 aliphatic carbocycles. The molecular formula is C15H18ClNO2S. The highest BCUT2D eigenvalue weighted by molar-refractivity contribution is 7.10. The lowest BCUT2D eigenvalue weighted by Gasteiger charge is -2.20. The minimum absolute atomic E-state index is 0.244. The fourth-order valence-electron chi connectivity index (χ4n) is 2.02. The molecule has 2 aromatic rings. The topological polar surface area (TPSA) is 30.5 Å². The van der Waals surface area contributed by atoms with Crippen LogP contribution in [0.25, 0.3) is 0 Å². The Balaban J connectivity index is 2.30. The zero-order chi connectivity index (χ0) is 14.5. The molecule has 2 rings (SSSR count). The second kappa shape index (κ2) is 6.86. The average Bonchev–Trinajstić information content (AvgIpc) is 2.99. The molecule has 1 aromatic heterocycles. The minimum Gasteiger partial charge on any atom is -0.495 e. The predicted octanol–water partition coefficient (Wildman–Crippen LogP) is 4.98. The van der Waals surface area contributed by atoms with Gasteiger partial charge in [0.1, 0.15) is 11.5 Å². The van der Waals surface area contributed by atoms with E-state index in [4.69, 9.17) is 21.1 Å². The van der Waals surface area contributed by atoms with Crippen molar-refractivity contribution in [3.63, 3.8) is 0 Å². The second-order valence-corrected chi connectivity index (χ2v) is 5.69. The lowest BCUT2D eigenvalue weighted by atomic mass is 10.1. The van der Waals surface area contributed by atoms with E-state index in [1.165, 1.54) is 4.88 Å². The van der Waals surface area contributed by atoms with Gasteiger partial charge in [-0.3, -0.25) is 0 Å². The van der Waals surface area contributed by atoms with Crippen LogP contribution in [0, 0.1) is 0 Å². The van der Waals surface area contributed by atoms with Crippen molar-refractivity contribution in [1.82, 2.24) is 0 Å². The van der Waals surface area contributed by atoms with Gasteiger partial charge in [-0.25, -0.2) is 0 Å². The molecule has 0 aliphatic heterocycles. The van der Waals surface area contributed by atoms with Gasteiger partial charge in [-0.2, -0.15) is 0 Å². The fourth-order valence-corrected chi connectivity index (χ4v) is 3.13. The van der Waals surface area contributed by atoms with Crippen LogP contribution in [-0.2, 0) is 0 Å². The molecule has 0 fully saturated rings. The van der Waals surface area contributed by atoms with Crippen molar-refractivity contribution >= 4 is 28.6 Å². The monoisotopic (exact) mass is 311 g/mol. The summed E-state index contributed by atoms with van der Waals surface area (Å²) in [7, 11) is 3.23. The molecule has 0 saturated heterocycles. The zero-order valence-corrected chi connectivity index (χ0v) is 13.3. The molecule has 1 aromatic carbocycles. The van der Waals surface area contributed by atoms with E-state index < -0.39 is 0 Å². The van der Waals surface area contributed by atoms with Crippen molar-refractivity contribution in [3.8, 4) is 11.5 Å². The van der Waals surface area contributed by atoms with Gasteiger partial charge in [0, 0.05) is 10.9 Å². The van der Waals surface area contributed by atoms with Crippen LogP contribution in [0.4, 0.5) is 5.69 Å². The Kier molecular flexibility index (Phi) is 5.15. The van der Waals surface area contributed by atoms with Crippen LogP contribution in [0.5, 0.6) is 11.5 Å². The molecule has 20 heavy (non-hydrogen) atoms. The number of rotatable bonds is 6. The molecule has 108 valence electrons. The van der Waals surface area contributed by atoms with Gasteiger partial charge < -0.3 is 14.8 Å². The highest BCUT2D eigenvalue weighted by Crippen LogP contribution is 2.38. The molecular weight excluding hydrogens is 294 g/mol. The maximum absolute atomic E-state index is 6.19. The molecule has 5 heteroatoms. The van der Waals surface area contributed by atoms with Gasteiger partial charge in [-0.15, -0.1) is 11.3 Å². The Morgan fingerprint density at radius 2 is 2.00 bits per heavy atom. The number of nitrogens with one attached hydrogen (secondary N) is 1. The van der Waals surface area contributed by atoms with Crippen molar-refractivity contribution in [2.24, 2.45) is 0 Å². The maximum atomic E-state index is 6.19. The standard InChI is InChI=1S/C15H18ClNO2S/c1-4-11(15-6-5-7-20-15)17-12-8-10(16)13(18-2)9-14(12)19-3/h5-9,11,17H,4H2,1-3H3. The number of halogens is 1. The normalized spacial score (nSPS) is 12.0. The second-order valence-electron chi connectivity index (χ2n) is 4.31. The van der Waals surface area contributed by atoms with Crippen LogP contribution in [-0.4, -0.2) is 14.2 Å².